The zero-order valence-corrected chi connectivity index (χ0v) is 36.1. The average Bonchev–Trinajstić information content (AvgIpc) is 3.74. The van der Waals surface area contributed by atoms with Gasteiger partial charge in [-0.05, 0) is 132 Å². The standard InChI is InChI=1S/C64H42N2/c1-3-14-44(15-4-1)60-39-38-59(63-61-24-11-12-25-62(61)66(64(60)63)51-19-5-2-6-20-51)48-18-13-21-53(41-48)65(54-35-37-58-50(42-54)29-27-46-17-8-10-23-56(46)58)52-33-30-43(31-34-52)47-32-36-57-49(40-47)28-26-45-16-7-9-22-55(45)57/h1-42H. The van der Waals surface area contributed by atoms with Crippen molar-refractivity contribution in [2.45, 2.75) is 0 Å². The van der Waals surface area contributed by atoms with E-state index in [0.29, 0.717) is 0 Å². The van der Waals surface area contributed by atoms with Crippen LogP contribution in [0.25, 0.3) is 104 Å². The van der Waals surface area contributed by atoms with Gasteiger partial charge in [0.05, 0.1) is 11.0 Å². The molecule has 0 atom stereocenters. The molecule has 2 heteroatoms. The third kappa shape index (κ3) is 6.26. The molecule has 0 amide bonds. The first-order chi connectivity index (χ1) is 32.7. The molecule has 0 aliphatic heterocycles. The lowest BCUT2D eigenvalue weighted by Gasteiger charge is -2.27. The zero-order chi connectivity index (χ0) is 43.6. The summed E-state index contributed by atoms with van der Waals surface area (Å²) in [4.78, 5) is 2.41. The van der Waals surface area contributed by atoms with Crippen molar-refractivity contribution in [3.8, 4) is 39.1 Å². The van der Waals surface area contributed by atoms with E-state index in [1.807, 2.05) is 0 Å². The number of hydrogen-bond acceptors (Lipinski definition) is 1. The molecule has 13 rings (SSSR count). The van der Waals surface area contributed by atoms with E-state index < -0.39 is 0 Å². The Morgan fingerprint density at radius 1 is 0.273 bits per heavy atom. The van der Waals surface area contributed by atoms with Crippen LogP contribution in [0.2, 0.25) is 0 Å². The molecule has 0 fully saturated rings. The van der Waals surface area contributed by atoms with E-state index in [-0.39, 0.29) is 0 Å². The summed E-state index contributed by atoms with van der Waals surface area (Å²) in [5, 5.41) is 12.5. The number of fused-ring (bicyclic) bond motifs is 9. The van der Waals surface area contributed by atoms with Crippen LogP contribution in [0.15, 0.2) is 255 Å². The first-order valence-corrected chi connectivity index (χ1v) is 22.7. The minimum absolute atomic E-state index is 1.09. The number of nitrogens with zero attached hydrogens (tertiary/aromatic N) is 2. The van der Waals surface area contributed by atoms with E-state index in [1.54, 1.807) is 0 Å². The zero-order valence-electron chi connectivity index (χ0n) is 36.1. The highest BCUT2D eigenvalue weighted by Crippen LogP contribution is 2.45. The highest BCUT2D eigenvalue weighted by molar-refractivity contribution is 6.20. The molecule has 0 radical (unpaired) electrons. The fraction of sp³-hybridized carbons (Fsp3) is 0. The Morgan fingerprint density at radius 2 is 0.803 bits per heavy atom. The summed E-state index contributed by atoms with van der Waals surface area (Å²) in [5.74, 6) is 0. The van der Waals surface area contributed by atoms with E-state index in [2.05, 4.69) is 264 Å². The summed E-state index contributed by atoms with van der Waals surface area (Å²) in [6.45, 7) is 0. The maximum Gasteiger partial charge on any atom is 0.0625 e. The third-order valence-electron chi connectivity index (χ3n) is 13.5. The summed E-state index contributed by atoms with van der Waals surface area (Å²) >= 11 is 0. The van der Waals surface area contributed by atoms with Crippen molar-refractivity contribution < 1.29 is 0 Å². The number of benzene rings is 12. The Hall–Kier alpha value is -8.72. The molecule has 2 nitrogen and oxygen atoms in total. The molecule has 0 spiro atoms. The Kier molecular flexibility index (Phi) is 8.89. The SMILES string of the molecule is c1ccc(-c2ccc(-c3cccc(N(c4ccc(-c5ccc6c(ccc7ccccc76)c5)cc4)c4ccc5c(ccc6ccccc65)c4)c3)c3c4ccccc4n(-c4ccccc4)c23)cc1. The van der Waals surface area contributed by atoms with Crippen molar-refractivity contribution in [2.75, 3.05) is 4.90 Å². The van der Waals surface area contributed by atoms with Gasteiger partial charge in [-0.15, -0.1) is 0 Å². The van der Waals surface area contributed by atoms with Gasteiger partial charge in [0.1, 0.15) is 0 Å². The summed E-state index contributed by atoms with van der Waals surface area (Å²) < 4.78 is 2.45. The Labute approximate surface area is 383 Å². The molecule has 1 heterocycles. The monoisotopic (exact) mass is 838 g/mol. The molecule has 66 heavy (non-hydrogen) atoms. The second-order valence-corrected chi connectivity index (χ2v) is 17.3. The van der Waals surface area contributed by atoms with Gasteiger partial charge in [-0.1, -0.05) is 194 Å². The van der Waals surface area contributed by atoms with E-state index in [1.165, 1.54) is 92.7 Å². The van der Waals surface area contributed by atoms with Crippen LogP contribution < -0.4 is 4.90 Å². The van der Waals surface area contributed by atoms with Crippen molar-refractivity contribution >= 4 is 82.0 Å². The van der Waals surface area contributed by atoms with Crippen LogP contribution in [0, 0.1) is 0 Å². The van der Waals surface area contributed by atoms with Crippen LogP contribution in [-0.2, 0) is 0 Å². The molecule has 13 aromatic rings. The van der Waals surface area contributed by atoms with Gasteiger partial charge in [0, 0.05) is 39.1 Å². The average molecular weight is 839 g/mol. The van der Waals surface area contributed by atoms with Crippen LogP contribution in [0.5, 0.6) is 0 Å². The lowest BCUT2D eigenvalue weighted by Crippen LogP contribution is -2.10. The number of anilines is 3. The lowest BCUT2D eigenvalue weighted by atomic mass is 9.94. The Morgan fingerprint density at radius 3 is 1.55 bits per heavy atom. The van der Waals surface area contributed by atoms with Gasteiger partial charge in [0.25, 0.3) is 0 Å². The number of aromatic nitrogens is 1. The summed E-state index contributed by atoms with van der Waals surface area (Å²) in [6, 6.07) is 93.3. The minimum Gasteiger partial charge on any atom is -0.310 e. The summed E-state index contributed by atoms with van der Waals surface area (Å²) in [6.07, 6.45) is 0. The van der Waals surface area contributed by atoms with Gasteiger partial charge < -0.3 is 9.47 Å². The van der Waals surface area contributed by atoms with Gasteiger partial charge in [-0.25, -0.2) is 0 Å². The highest BCUT2D eigenvalue weighted by atomic mass is 15.1. The summed E-state index contributed by atoms with van der Waals surface area (Å²) in [5.41, 5.74) is 13.9. The van der Waals surface area contributed by atoms with E-state index in [9.17, 15) is 0 Å². The van der Waals surface area contributed by atoms with Crippen molar-refractivity contribution in [3.05, 3.63) is 255 Å². The largest absolute Gasteiger partial charge is 0.310 e. The maximum atomic E-state index is 2.45. The molecule has 0 bridgehead atoms. The molecule has 0 saturated heterocycles. The van der Waals surface area contributed by atoms with Crippen molar-refractivity contribution in [2.24, 2.45) is 0 Å². The predicted molar refractivity (Wildman–Crippen MR) is 282 cm³/mol. The Bertz CT molecular complexity index is 3980. The topological polar surface area (TPSA) is 8.17 Å². The van der Waals surface area contributed by atoms with Gasteiger partial charge in [0.2, 0.25) is 0 Å². The second kappa shape index (κ2) is 15.5. The smallest absolute Gasteiger partial charge is 0.0625 e. The quantitative estimate of drug-likeness (QED) is 0.145. The van der Waals surface area contributed by atoms with Gasteiger partial charge >= 0.3 is 0 Å². The molecule has 0 unspecified atom stereocenters. The van der Waals surface area contributed by atoms with Crippen LogP contribution in [0.4, 0.5) is 17.1 Å². The van der Waals surface area contributed by atoms with Crippen molar-refractivity contribution in [1.29, 1.82) is 0 Å². The first-order valence-electron chi connectivity index (χ1n) is 22.7. The molecular weight excluding hydrogens is 797 g/mol. The number of hydrogen-bond donors (Lipinski definition) is 0. The maximum absolute atomic E-state index is 2.45. The molecule has 0 saturated carbocycles. The molecular formula is C64H42N2. The molecule has 0 aliphatic carbocycles. The van der Waals surface area contributed by atoms with Crippen LogP contribution >= 0.6 is 0 Å². The van der Waals surface area contributed by atoms with Crippen molar-refractivity contribution in [1.82, 2.24) is 4.57 Å². The van der Waals surface area contributed by atoms with Crippen molar-refractivity contribution in [3.63, 3.8) is 0 Å². The first kappa shape index (κ1) is 37.8. The normalized spacial score (nSPS) is 11.6. The fourth-order valence-corrected chi connectivity index (χ4v) is 10.4. The number of para-hydroxylation sites is 2. The molecule has 12 aromatic carbocycles. The van der Waals surface area contributed by atoms with Gasteiger partial charge in [0.15, 0.2) is 0 Å². The van der Waals surface area contributed by atoms with E-state index in [4.69, 9.17) is 0 Å². The molecule has 0 aliphatic rings. The second-order valence-electron chi connectivity index (χ2n) is 17.3. The van der Waals surface area contributed by atoms with E-state index >= 15 is 0 Å². The Balaban J connectivity index is 0.988. The fourth-order valence-electron chi connectivity index (χ4n) is 10.4. The predicted octanol–water partition coefficient (Wildman–Crippen LogP) is 17.9. The molecule has 1 aromatic heterocycles. The highest BCUT2D eigenvalue weighted by Gasteiger charge is 2.22. The van der Waals surface area contributed by atoms with Gasteiger partial charge in [-0.2, -0.15) is 0 Å². The van der Waals surface area contributed by atoms with Crippen LogP contribution in [-0.4, -0.2) is 4.57 Å². The van der Waals surface area contributed by atoms with Crippen LogP contribution in [0.3, 0.4) is 0 Å². The summed E-state index contributed by atoms with van der Waals surface area (Å²) in [7, 11) is 0. The number of rotatable bonds is 7. The minimum atomic E-state index is 1.09. The van der Waals surface area contributed by atoms with Gasteiger partial charge in [-0.3, -0.25) is 0 Å². The lowest BCUT2D eigenvalue weighted by molar-refractivity contribution is 1.18. The molecule has 0 N–H and O–H groups in total. The van der Waals surface area contributed by atoms with E-state index in [0.717, 1.165) is 28.3 Å². The molecule has 308 valence electrons. The van der Waals surface area contributed by atoms with Crippen LogP contribution in [0.1, 0.15) is 0 Å². The third-order valence-corrected chi connectivity index (χ3v) is 13.5.